The van der Waals surface area contributed by atoms with Crippen molar-refractivity contribution in [2.75, 3.05) is 70.5 Å². The van der Waals surface area contributed by atoms with E-state index in [2.05, 4.69) is 5.32 Å². The zero-order valence-corrected chi connectivity index (χ0v) is 22.5. The number of morpholine rings is 1. The van der Waals surface area contributed by atoms with Crippen LogP contribution >= 0.6 is 0 Å². The molecule has 0 atom stereocenters. The van der Waals surface area contributed by atoms with Gasteiger partial charge in [-0.15, -0.1) is 0 Å². The maximum absolute atomic E-state index is 14.3. The Morgan fingerprint density at radius 1 is 0.974 bits per heavy atom. The summed E-state index contributed by atoms with van der Waals surface area (Å²) >= 11 is 0. The molecule has 0 saturated carbocycles. The number of benzene rings is 2. The fraction of sp³-hybridized carbons (Fsp3) is 0.407. The number of sulfonamides is 1. The summed E-state index contributed by atoms with van der Waals surface area (Å²) in [5.74, 6) is -0.710. The Kier molecular flexibility index (Phi) is 8.26. The number of anilines is 1. The molecule has 2 aromatic carbocycles. The van der Waals surface area contributed by atoms with Gasteiger partial charge in [-0.2, -0.15) is 4.31 Å². The Morgan fingerprint density at radius 2 is 1.64 bits per heavy atom. The number of ether oxygens (including phenoxy) is 1. The minimum Gasteiger partial charge on any atom is -0.370 e. The maximum Gasteiger partial charge on any atom is 0.258 e. The number of rotatable bonds is 8. The van der Waals surface area contributed by atoms with E-state index in [0.717, 1.165) is 19.6 Å². The fourth-order valence-corrected chi connectivity index (χ4v) is 6.79. The quantitative estimate of drug-likeness (QED) is 0.393. The number of carbonyl (C=O) groups excluding carboxylic acids is 1. The summed E-state index contributed by atoms with van der Waals surface area (Å²) in [4.78, 5) is 29.0. The van der Waals surface area contributed by atoms with Crippen LogP contribution in [0.3, 0.4) is 0 Å². The monoisotopic (exact) mass is 558 g/mol. The van der Waals surface area contributed by atoms with Gasteiger partial charge in [0.25, 0.3) is 5.56 Å². The molecule has 0 spiro atoms. The third kappa shape index (κ3) is 5.98. The Balaban J connectivity index is 1.34. The van der Waals surface area contributed by atoms with Gasteiger partial charge in [0, 0.05) is 43.1 Å². The molecule has 0 unspecified atom stereocenters. The Bertz CT molecular complexity index is 1500. The molecule has 3 aromatic rings. The Morgan fingerprint density at radius 3 is 2.36 bits per heavy atom. The maximum atomic E-state index is 14.3. The zero-order valence-electron chi connectivity index (χ0n) is 21.6. The van der Waals surface area contributed by atoms with Crippen molar-refractivity contribution in [3.63, 3.8) is 0 Å². The molecule has 0 aliphatic carbocycles. The molecule has 208 valence electrons. The number of fused-ring (bicyclic) bond motifs is 1. The lowest BCUT2D eigenvalue weighted by molar-refractivity contribution is -0.906. The molecule has 2 aliphatic rings. The lowest BCUT2D eigenvalue weighted by Crippen LogP contribution is -3.14. The molecule has 1 aromatic heterocycles. The highest BCUT2D eigenvalue weighted by Crippen LogP contribution is 2.26. The van der Waals surface area contributed by atoms with Crippen molar-refractivity contribution < 1.29 is 27.2 Å². The van der Waals surface area contributed by atoms with Gasteiger partial charge in [0.05, 0.1) is 32.0 Å². The largest absolute Gasteiger partial charge is 0.370 e. The van der Waals surface area contributed by atoms with E-state index in [9.17, 15) is 22.4 Å². The number of nitrogens with zero attached hydrogens (tertiary/aromatic N) is 3. The summed E-state index contributed by atoms with van der Waals surface area (Å²) in [6, 6.07) is 13.0. The molecule has 2 fully saturated rings. The highest BCUT2D eigenvalue weighted by molar-refractivity contribution is 7.89. The highest BCUT2D eigenvalue weighted by Gasteiger charge is 2.31. The predicted molar refractivity (Wildman–Crippen MR) is 145 cm³/mol. The number of para-hydroxylation sites is 1. The fourth-order valence-electron chi connectivity index (χ4n) is 5.15. The second-order valence-electron chi connectivity index (χ2n) is 9.78. The SMILES string of the molecule is O=C(Cn1cc(S(=O)(=O)N2CCN(c3ccccc3F)CC2)c2ccccc2c1=O)NCC[NH+]1CCOCC1. The molecule has 12 heteroatoms. The van der Waals surface area contributed by atoms with Crippen LogP contribution in [-0.4, -0.2) is 88.8 Å². The third-order valence-corrected chi connectivity index (χ3v) is 9.25. The van der Waals surface area contributed by atoms with Crippen molar-refractivity contribution in [2.45, 2.75) is 11.4 Å². The van der Waals surface area contributed by atoms with Crippen molar-refractivity contribution in [1.82, 2.24) is 14.2 Å². The van der Waals surface area contributed by atoms with Crippen LogP contribution in [0.1, 0.15) is 0 Å². The van der Waals surface area contributed by atoms with Crippen LogP contribution in [0.15, 0.2) is 64.4 Å². The summed E-state index contributed by atoms with van der Waals surface area (Å²) in [6.07, 6.45) is 1.27. The zero-order chi connectivity index (χ0) is 27.4. The van der Waals surface area contributed by atoms with Crippen molar-refractivity contribution in [3.8, 4) is 0 Å². The summed E-state index contributed by atoms with van der Waals surface area (Å²) < 4.78 is 49.8. The van der Waals surface area contributed by atoms with Crippen molar-refractivity contribution >= 4 is 32.4 Å². The van der Waals surface area contributed by atoms with Gasteiger partial charge in [0.1, 0.15) is 30.3 Å². The standard InChI is InChI=1S/C27H32FN5O5S/c28-23-7-3-4-8-24(23)31-11-13-33(14-12-31)39(36,37)25-19-32(27(35)22-6-2-1-5-21(22)25)20-26(34)29-9-10-30-15-17-38-18-16-30/h1-8,19H,9-18,20H2,(H,29,34)/p+1. The predicted octanol–water partition coefficient (Wildman–Crippen LogP) is -0.317. The topological polar surface area (TPSA) is 105 Å². The van der Waals surface area contributed by atoms with Gasteiger partial charge in [0.2, 0.25) is 15.9 Å². The van der Waals surface area contributed by atoms with Crippen LogP contribution in [0, 0.1) is 5.82 Å². The van der Waals surface area contributed by atoms with Crippen LogP contribution in [0.5, 0.6) is 0 Å². The van der Waals surface area contributed by atoms with Crippen LogP contribution in [0.2, 0.25) is 0 Å². The van der Waals surface area contributed by atoms with E-state index in [4.69, 9.17) is 4.74 Å². The minimum atomic E-state index is -4.00. The first kappa shape index (κ1) is 27.3. The molecule has 2 saturated heterocycles. The number of piperazine rings is 1. The van der Waals surface area contributed by atoms with E-state index in [-0.39, 0.29) is 41.6 Å². The second-order valence-corrected chi connectivity index (χ2v) is 11.7. The number of carbonyl (C=O) groups is 1. The molecular weight excluding hydrogens is 525 g/mol. The Labute approximate surface area is 226 Å². The molecule has 0 bridgehead atoms. The summed E-state index contributed by atoms with van der Waals surface area (Å²) in [7, 11) is -4.00. The van der Waals surface area contributed by atoms with E-state index in [0.29, 0.717) is 43.9 Å². The first-order valence-corrected chi connectivity index (χ1v) is 14.6. The van der Waals surface area contributed by atoms with E-state index in [1.807, 2.05) is 4.90 Å². The van der Waals surface area contributed by atoms with Gasteiger partial charge < -0.3 is 24.4 Å². The number of aromatic nitrogens is 1. The van der Waals surface area contributed by atoms with Gasteiger partial charge in [-0.25, -0.2) is 12.8 Å². The van der Waals surface area contributed by atoms with Gasteiger partial charge in [-0.05, 0) is 18.2 Å². The number of quaternary nitrogens is 1. The molecule has 2 N–H and O–H groups in total. The molecule has 39 heavy (non-hydrogen) atoms. The summed E-state index contributed by atoms with van der Waals surface area (Å²) in [5, 5.41) is 3.39. The number of pyridine rings is 1. The van der Waals surface area contributed by atoms with Gasteiger partial charge >= 0.3 is 0 Å². The smallest absolute Gasteiger partial charge is 0.258 e. The van der Waals surface area contributed by atoms with Gasteiger partial charge in [-0.1, -0.05) is 30.3 Å². The number of hydrogen-bond donors (Lipinski definition) is 2. The lowest BCUT2D eigenvalue weighted by atomic mass is 10.2. The van der Waals surface area contributed by atoms with Crippen molar-refractivity contribution in [3.05, 3.63) is 70.9 Å². The normalized spacial score (nSPS) is 17.4. The van der Waals surface area contributed by atoms with E-state index < -0.39 is 15.6 Å². The molecule has 3 heterocycles. The highest BCUT2D eigenvalue weighted by atomic mass is 32.2. The van der Waals surface area contributed by atoms with Crippen LogP contribution in [0.4, 0.5) is 10.1 Å². The van der Waals surface area contributed by atoms with Crippen LogP contribution < -0.4 is 20.7 Å². The molecule has 1 amide bonds. The number of amides is 1. The van der Waals surface area contributed by atoms with E-state index in [1.165, 1.54) is 26.0 Å². The molecule has 5 rings (SSSR count). The first-order valence-electron chi connectivity index (χ1n) is 13.1. The minimum absolute atomic E-state index is 0.0254. The Hall–Kier alpha value is -3.32. The van der Waals surface area contributed by atoms with E-state index >= 15 is 0 Å². The van der Waals surface area contributed by atoms with Crippen LogP contribution in [-0.2, 0) is 26.1 Å². The average molecular weight is 559 g/mol. The van der Waals surface area contributed by atoms with Crippen molar-refractivity contribution in [1.29, 1.82) is 0 Å². The summed E-state index contributed by atoms with van der Waals surface area (Å²) in [6.45, 7) is 5.06. The van der Waals surface area contributed by atoms with Gasteiger partial charge in [-0.3, -0.25) is 9.59 Å². The summed E-state index contributed by atoms with van der Waals surface area (Å²) in [5.41, 5.74) is 0.0117. The number of halogens is 1. The van der Waals surface area contributed by atoms with Gasteiger partial charge in [0.15, 0.2) is 0 Å². The third-order valence-electron chi connectivity index (χ3n) is 7.32. The van der Waals surface area contributed by atoms with Crippen LogP contribution in [0.25, 0.3) is 10.8 Å². The lowest BCUT2D eigenvalue weighted by Gasteiger charge is -2.35. The average Bonchev–Trinajstić information content (AvgIpc) is 2.95. The number of hydrogen-bond acceptors (Lipinski definition) is 6. The molecule has 10 nitrogen and oxygen atoms in total. The molecule has 2 aliphatic heterocycles. The number of nitrogens with one attached hydrogen (secondary N) is 2. The molecule has 0 radical (unpaired) electrons. The van der Waals surface area contributed by atoms with Crippen molar-refractivity contribution in [2.24, 2.45) is 0 Å². The van der Waals surface area contributed by atoms with E-state index in [1.54, 1.807) is 42.5 Å². The molecular formula is C27H33FN5O5S+. The second kappa shape index (κ2) is 11.8. The first-order chi connectivity index (χ1) is 18.8.